The second-order valence-electron chi connectivity index (χ2n) is 6.08. The maximum atomic E-state index is 12.6. The molecule has 10 heteroatoms. The SMILES string of the molecule is Cc1ccccc1/C(C#N)=C1C=C/C(=N\OS(=O)(=O)c2ccc(C(F)(F)F)cc2)S\1. The van der Waals surface area contributed by atoms with Gasteiger partial charge < -0.3 is 0 Å². The van der Waals surface area contributed by atoms with Crippen LogP contribution >= 0.6 is 11.8 Å². The largest absolute Gasteiger partial charge is 0.416 e. The minimum Gasteiger partial charge on any atom is -0.264 e. The van der Waals surface area contributed by atoms with Gasteiger partial charge in [0.05, 0.1) is 11.1 Å². The van der Waals surface area contributed by atoms with E-state index in [1.807, 2.05) is 19.1 Å². The third-order valence-electron chi connectivity index (χ3n) is 4.06. The Hall–Kier alpha value is -3.03. The second-order valence-corrected chi connectivity index (χ2v) is 8.67. The van der Waals surface area contributed by atoms with Crippen LogP contribution in [0.15, 0.2) is 75.6 Å². The van der Waals surface area contributed by atoms with Crippen molar-refractivity contribution in [1.29, 1.82) is 5.26 Å². The average Bonchev–Trinajstić information content (AvgIpc) is 3.17. The molecule has 0 N–H and O–H groups in total. The van der Waals surface area contributed by atoms with Gasteiger partial charge in [0, 0.05) is 4.91 Å². The van der Waals surface area contributed by atoms with Crippen molar-refractivity contribution in [1.82, 2.24) is 0 Å². The number of rotatable bonds is 4. The molecule has 5 nitrogen and oxygen atoms in total. The topological polar surface area (TPSA) is 79.5 Å². The fourth-order valence-corrected chi connectivity index (χ4v) is 4.16. The van der Waals surface area contributed by atoms with E-state index >= 15 is 0 Å². The number of oxime groups is 1. The van der Waals surface area contributed by atoms with Crippen LogP contribution in [0.5, 0.6) is 0 Å². The third kappa shape index (κ3) is 4.75. The van der Waals surface area contributed by atoms with Crippen molar-refractivity contribution >= 4 is 32.5 Å². The Kier molecular flexibility index (Phi) is 6.05. The molecular formula is C20H13F3N2O3S2. The lowest BCUT2D eigenvalue weighted by molar-refractivity contribution is -0.137. The fourth-order valence-electron chi connectivity index (χ4n) is 2.55. The Bertz CT molecular complexity index is 1210. The smallest absolute Gasteiger partial charge is 0.264 e. The lowest BCUT2D eigenvalue weighted by Gasteiger charge is -2.07. The van der Waals surface area contributed by atoms with E-state index in [4.69, 9.17) is 0 Å². The summed E-state index contributed by atoms with van der Waals surface area (Å²) in [7, 11) is -4.40. The van der Waals surface area contributed by atoms with E-state index in [-0.39, 0.29) is 5.04 Å². The molecule has 0 saturated carbocycles. The molecule has 0 aliphatic carbocycles. The van der Waals surface area contributed by atoms with E-state index in [1.54, 1.807) is 18.2 Å². The highest BCUT2D eigenvalue weighted by Crippen LogP contribution is 2.35. The first-order chi connectivity index (χ1) is 14.1. The van der Waals surface area contributed by atoms with Crippen LogP contribution in [0.3, 0.4) is 0 Å². The molecule has 1 aliphatic rings. The zero-order valence-corrected chi connectivity index (χ0v) is 17.0. The molecule has 0 radical (unpaired) electrons. The molecule has 0 fully saturated rings. The third-order valence-corrected chi connectivity index (χ3v) is 6.16. The van der Waals surface area contributed by atoms with E-state index in [2.05, 4.69) is 15.5 Å². The summed E-state index contributed by atoms with van der Waals surface area (Å²) >= 11 is 1.05. The molecule has 1 heterocycles. The summed E-state index contributed by atoms with van der Waals surface area (Å²) in [5, 5.41) is 13.3. The molecule has 30 heavy (non-hydrogen) atoms. The first kappa shape index (κ1) is 21.7. The molecule has 1 aliphatic heterocycles. The molecule has 0 saturated heterocycles. The minimum atomic E-state index is -4.58. The van der Waals surface area contributed by atoms with Gasteiger partial charge in [0.2, 0.25) is 0 Å². The molecule has 0 aromatic heterocycles. The van der Waals surface area contributed by atoms with Crippen LogP contribution in [0.25, 0.3) is 5.57 Å². The lowest BCUT2D eigenvalue weighted by Crippen LogP contribution is -2.07. The van der Waals surface area contributed by atoms with Crippen molar-refractivity contribution in [3.63, 3.8) is 0 Å². The Morgan fingerprint density at radius 1 is 1.10 bits per heavy atom. The van der Waals surface area contributed by atoms with E-state index in [0.29, 0.717) is 22.6 Å². The van der Waals surface area contributed by atoms with Crippen molar-refractivity contribution in [2.45, 2.75) is 18.0 Å². The first-order valence-electron chi connectivity index (χ1n) is 8.37. The van der Waals surface area contributed by atoms with Gasteiger partial charge in [0.25, 0.3) is 0 Å². The van der Waals surface area contributed by atoms with Crippen LogP contribution in [-0.2, 0) is 20.6 Å². The zero-order chi connectivity index (χ0) is 21.9. The normalized spacial score (nSPS) is 17.1. The number of hydrogen-bond acceptors (Lipinski definition) is 6. The Labute approximate surface area is 175 Å². The molecule has 0 atom stereocenters. The molecule has 2 aromatic carbocycles. The van der Waals surface area contributed by atoms with Crippen molar-refractivity contribution in [3.05, 3.63) is 82.3 Å². The Balaban J connectivity index is 1.79. The predicted molar refractivity (Wildman–Crippen MR) is 108 cm³/mol. The number of nitriles is 1. The average molecular weight is 450 g/mol. The number of allylic oxidation sites excluding steroid dienone is 2. The van der Waals surface area contributed by atoms with Crippen molar-refractivity contribution in [2.75, 3.05) is 0 Å². The van der Waals surface area contributed by atoms with Crippen LogP contribution < -0.4 is 0 Å². The highest BCUT2D eigenvalue weighted by atomic mass is 32.2. The van der Waals surface area contributed by atoms with E-state index < -0.39 is 26.8 Å². The van der Waals surface area contributed by atoms with Crippen molar-refractivity contribution < 1.29 is 25.9 Å². The summed E-state index contributed by atoms with van der Waals surface area (Å²) in [6.07, 6.45) is -1.48. The number of aryl methyl sites for hydroxylation is 1. The fraction of sp³-hybridized carbons (Fsp3) is 0.100. The van der Waals surface area contributed by atoms with Gasteiger partial charge in [-0.25, -0.2) is 0 Å². The molecule has 3 rings (SSSR count). The van der Waals surface area contributed by atoms with Crippen LogP contribution in [0.2, 0.25) is 0 Å². The summed E-state index contributed by atoms with van der Waals surface area (Å²) < 4.78 is 66.8. The molecule has 2 aromatic rings. The Morgan fingerprint density at radius 2 is 1.77 bits per heavy atom. The molecule has 0 spiro atoms. The monoisotopic (exact) mass is 450 g/mol. The van der Waals surface area contributed by atoms with Crippen molar-refractivity contribution in [3.8, 4) is 6.07 Å². The Morgan fingerprint density at radius 3 is 2.37 bits per heavy atom. The van der Waals surface area contributed by atoms with Crippen molar-refractivity contribution in [2.24, 2.45) is 5.16 Å². The highest BCUT2D eigenvalue weighted by molar-refractivity contribution is 8.18. The van der Waals surface area contributed by atoms with Crippen LogP contribution in [0.1, 0.15) is 16.7 Å². The van der Waals surface area contributed by atoms with Gasteiger partial charge in [-0.2, -0.15) is 26.9 Å². The highest BCUT2D eigenvalue weighted by Gasteiger charge is 2.31. The van der Waals surface area contributed by atoms with Crippen LogP contribution in [0, 0.1) is 18.3 Å². The van der Waals surface area contributed by atoms with E-state index in [9.17, 15) is 26.9 Å². The summed E-state index contributed by atoms with van der Waals surface area (Å²) in [5.41, 5.74) is 1.08. The van der Waals surface area contributed by atoms with Crippen LogP contribution in [-0.4, -0.2) is 13.5 Å². The predicted octanol–water partition coefficient (Wildman–Crippen LogP) is 5.27. The lowest BCUT2D eigenvalue weighted by atomic mass is 10.0. The van der Waals surface area contributed by atoms with Gasteiger partial charge in [0.15, 0.2) is 0 Å². The first-order valence-corrected chi connectivity index (χ1v) is 10.6. The van der Waals surface area contributed by atoms with Gasteiger partial charge in [-0.3, -0.25) is 4.28 Å². The minimum absolute atomic E-state index is 0.182. The summed E-state index contributed by atoms with van der Waals surface area (Å²) in [5.74, 6) is 0. The molecule has 154 valence electrons. The number of benzene rings is 2. The molecule has 0 bridgehead atoms. The standard InChI is InChI=1S/C20H13F3N2O3S2/c1-13-4-2-3-5-16(13)17(12-24)18-10-11-19(29-18)25-28-30(26,27)15-8-6-14(7-9-15)20(21,22)23/h2-11H,1H3/b18-17+,25-19+. The zero-order valence-electron chi connectivity index (χ0n) is 15.3. The van der Waals surface area contributed by atoms with Gasteiger partial charge in [0.1, 0.15) is 16.0 Å². The number of nitrogens with zero attached hydrogens (tertiary/aromatic N) is 2. The van der Waals surface area contributed by atoms with Gasteiger partial charge in [-0.05, 0) is 54.5 Å². The quantitative estimate of drug-likeness (QED) is 0.468. The number of halogens is 3. The summed E-state index contributed by atoms with van der Waals surface area (Å²) in [4.78, 5) is 0.112. The van der Waals surface area contributed by atoms with Gasteiger partial charge >= 0.3 is 16.3 Å². The van der Waals surface area contributed by atoms with Crippen LogP contribution in [0.4, 0.5) is 13.2 Å². The maximum absolute atomic E-state index is 12.6. The number of alkyl halides is 3. The number of thioether (sulfide) groups is 1. The summed E-state index contributed by atoms with van der Waals surface area (Å²) in [6.45, 7) is 1.87. The van der Waals surface area contributed by atoms with Gasteiger partial charge in [-0.1, -0.05) is 41.2 Å². The summed E-state index contributed by atoms with van der Waals surface area (Å²) in [6, 6.07) is 12.4. The van der Waals surface area contributed by atoms with E-state index in [1.165, 1.54) is 6.08 Å². The second kappa shape index (κ2) is 8.38. The molecule has 0 unspecified atom stereocenters. The van der Waals surface area contributed by atoms with Gasteiger partial charge in [-0.15, -0.1) is 0 Å². The maximum Gasteiger partial charge on any atom is 0.416 e. The molecular weight excluding hydrogens is 437 g/mol. The molecule has 0 amide bonds. The van der Waals surface area contributed by atoms with E-state index in [0.717, 1.165) is 35.0 Å². The number of hydrogen-bond donors (Lipinski definition) is 0.